The summed E-state index contributed by atoms with van der Waals surface area (Å²) in [4.78, 5) is 6.42. The summed E-state index contributed by atoms with van der Waals surface area (Å²) in [6, 6.07) is 11.7. The number of nitrogens with zero attached hydrogens (tertiary/aromatic N) is 2. The molecule has 31 heavy (non-hydrogen) atoms. The number of anilines is 4. The van der Waals surface area contributed by atoms with E-state index in [0.717, 1.165) is 24.2 Å². The number of pyridine rings is 1. The Balaban J connectivity index is 0.000000325. The number of hydrogen-bond acceptors (Lipinski definition) is 6. The fourth-order valence-electron chi connectivity index (χ4n) is 3.15. The van der Waals surface area contributed by atoms with Gasteiger partial charge in [0, 0.05) is 17.3 Å². The summed E-state index contributed by atoms with van der Waals surface area (Å²) >= 11 is 0. The van der Waals surface area contributed by atoms with Crippen LogP contribution in [0.15, 0.2) is 48.6 Å². The number of piperidine rings is 1. The predicted octanol–water partition coefficient (Wildman–Crippen LogP) is 4.88. The van der Waals surface area contributed by atoms with E-state index in [-0.39, 0.29) is 0 Å². The summed E-state index contributed by atoms with van der Waals surface area (Å²) in [6.07, 6.45) is 8.88. The number of para-hydroxylation sites is 1. The van der Waals surface area contributed by atoms with Crippen LogP contribution in [0.5, 0.6) is 0 Å². The monoisotopic (exact) mass is 426 g/mol. The molecule has 0 amide bonds. The van der Waals surface area contributed by atoms with E-state index in [0.29, 0.717) is 29.8 Å². The molecule has 1 atom stereocenters. The van der Waals surface area contributed by atoms with Gasteiger partial charge >= 0.3 is 0 Å². The van der Waals surface area contributed by atoms with Gasteiger partial charge in [0.15, 0.2) is 0 Å². The lowest BCUT2D eigenvalue weighted by molar-refractivity contribution is 0.211. The standard InChI is InChI=1S/C14H23N5.C6H7N.C3H6.C2H6/c1-9(12-5-3-4-6-19(12)2)7-10-8-11(15)14(17)18-13(10)16;7-6-4-2-1-3-5-6;1-2-3-1;1-2/h8,12H,1,3-7,15H2,2H3,(H4,16,17,18);1-5H,7H2;1-3H2;1-2H3. The molecule has 1 aromatic heterocycles. The van der Waals surface area contributed by atoms with Crippen molar-refractivity contribution in [3.05, 3.63) is 54.1 Å². The maximum Gasteiger partial charge on any atom is 0.149 e. The molecule has 8 N–H and O–H groups in total. The van der Waals surface area contributed by atoms with Crippen LogP contribution < -0.4 is 22.9 Å². The average Bonchev–Trinajstić information content (AvgIpc) is 3.64. The second-order valence-corrected chi connectivity index (χ2v) is 7.81. The van der Waals surface area contributed by atoms with Crippen LogP contribution in [-0.4, -0.2) is 29.5 Å². The molecule has 0 radical (unpaired) electrons. The number of likely N-dealkylation sites (N-methyl/N-ethyl adjacent to an activating group) is 1. The Morgan fingerprint density at radius 3 is 2.06 bits per heavy atom. The molecule has 2 fully saturated rings. The second kappa shape index (κ2) is 14.3. The first-order valence-electron chi connectivity index (χ1n) is 11.4. The molecular formula is C25H42N6. The fourth-order valence-corrected chi connectivity index (χ4v) is 3.15. The van der Waals surface area contributed by atoms with Gasteiger partial charge in [0.2, 0.25) is 0 Å². The van der Waals surface area contributed by atoms with Gasteiger partial charge in [0.25, 0.3) is 0 Å². The number of nitrogen functional groups attached to an aromatic ring is 4. The van der Waals surface area contributed by atoms with Crippen molar-refractivity contribution in [3.8, 4) is 0 Å². The Labute approximate surface area is 188 Å². The first kappa shape index (κ1) is 26.3. The van der Waals surface area contributed by atoms with Gasteiger partial charge in [0.1, 0.15) is 11.6 Å². The third-order valence-electron chi connectivity index (χ3n) is 5.01. The maximum atomic E-state index is 5.90. The lowest BCUT2D eigenvalue weighted by Gasteiger charge is -2.34. The molecule has 1 aromatic carbocycles. The van der Waals surface area contributed by atoms with Crippen molar-refractivity contribution in [1.82, 2.24) is 9.88 Å². The van der Waals surface area contributed by atoms with Gasteiger partial charge in [-0.15, -0.1) is 0 Å². The van der Waals surface area contributed by atoms with Crippen molar-refractivity contribution < 1.29 is 0 Å². The van der Waals surface area contributed by atoms with E-state index in [1.54, 1.807) is 0 Å². The maximum absolute atomic E-state index is 5.90. The van der Waals surface area contributed by atoms with Crippen molar-refractivity contribution in [3.63, 3.8) is 0 Å². The highest BCUT2D eigenvalue weighted by atomic mass is 15.1. The van der Waals surface area contributed by atoms with Crippen molar-refractivity contribution in [1.29, 1.82) is 0 Å². The number of rotatable bonds is 3. The molecule has 0 spiro atoms. The molecule has 1 aliphatic heterocycles. The first-order valence-corrected chi connectivity index (χ1v) is 11.4. The number of nitrogens with two attached hydrogens (primary N) is 4. The van der Waals surface area contributed by atoms with E-state index in [1.165, 1.54) is 37.7 Å². The van der Waals surface area contributed by atoms with Gasteiger partial charge in [-0.25, -0.2) is 4.98 Å². The van der Waals surface area contributed by atoms with Gasteiger partial charge in [-0.3, -0.25) is 4.90 Å². The molecule has 1 saturated carbocycles. The summed E-state index contributed by atoms with van der Waals surface area (Å²) < 4.78 is 0. The Hall–Kier alpha value is -2.73. The Kier molecular flexibility index (Phi) is 12.1. The number of likely N-dealkylation sites (tertiary alicyclic amines) is 1. The quantitative estimate of drug-likeness (QED) is 0.410. The largest absolute Gasteiger partial charge is 0.399 e. The SMILES string of the molecule is C1CC1.C=C(Cc1cc(N)c(N)nc1N)C1CCCCN1C.CC.Nc1ccccc1. The summed E-state index contributed by atoms with van der Waals surface area (Å²) in [5.74, 6) is 0.743. The van der Waals surface area contributed by atoms with Crippen molar-refractivity contribution >= 4 is 23.0 Å². The minimum Gasteiger partial charge on any atom is -0.399 e. The highest BCUT2D eigenvalue weighted by molar-refractivity contribution is 5.64. The van der Waals surface area contributed by atoms with Crippen LogP contribution >= 0.6 is 0 Å². The van der Waals surface area contributed by atoms with Crippen LogP contribution in [0.2, 0.25) is 0 Å². The van der Waals surface area contributed by atoms with E-state index in [4.69, 9.17) is 22.9 Å². The van der Waals surface area contributed by atoms with Crippen LogP contribution in [-0.2, 0) is 6.42 Å². The fraction of sp³-hybridized carbons (Fsp3) is 0.480. The molecule has 0 bridgehead atoms. The Bertz CT molecular complexity index is 770. The molecular weight excluding hydrogens is 384 g/mol. The zero-order valence-electron chi connectivity index (χ0n) is 19.6. The van der Waals surface area contributed by atoms with Gasteiger partial charge in [-0.05, 0) is 51.1 Å². The van der Waals surface area contributed by atoms with E-state index in [2.05, 4.69) is 23.5 Å². The molecule has 6 heteroatoms. The highest BCUT2D eigenvalue weighted by Crippen LogP contribution is 2.26. The molecule has 6 nitrogen and oxygen atoms in total. The molecule has 172 valence electrons. The lowest BCUT2D eigenvalue weighted by Crippen LogP contribution is -2.37. The molecule has 1 unspecified atom stereocenters. The predicted molar refractivity (Wildman–Crippen MR) is 137 cm³/mol. The molecule has 2 aromatic rings. The van der Waals surface area contributed by atoms with Gasteiger partial charge < -0.3 is 22.9 Å². The van der Waals surface area contributed by atoms with Crippen molar-refractivity contribution in [2.75, 3.05) is 36.5 Å². The van der Waals surface area contributed by atoms with Crippen LogP contribution in [0.25, 0.3) is 0 Å². The first-order chi connectivity index (χ1) is 14.9. The van der Waals surface area contributed by atoms with Gasteiger partial charge in [-0.1, -0.05) is 69.9 Å². The van der Waals surface area contributed by atoms with Gasteiger partial charge in [-0.2, -0.15) is 0 Å². The number of benzene rings is 1. The molecule has 2 aliphatic rings. The Morgan fingerprint density at radius 1 is 0.968 bits per heavy atom. The zero-order valence-corrected chi connectivity index (χ0v) is 19.6. The third kappa shape index (κ3) is 10.2. The van der Waals surface area contributed by atoms with Crippen LogP contribution in [0.3, 0.4) is 0 Å². The van der Waals surface area contributed by atoms with E-state index < -0.39 is 0 Å². The lowest BCUT2D eigenvalue weighted by atomic mass is 9.92. The van der Waals surface area contributed by atoms with Crippen molar-refractivity contribution in [2.24, 2.45) is 0 Å². The average molecular weight is 427 g/mol. The van der Waals surface area contributed by atoms with Crippen LogP contribution in [0.1, 0.15) is 57.9 Å². The summed E-state index contributed by atoms with van der Waals surface area (Å²) in [5.41, 5.74) is 26.1. The van der Waals surface area contributed by atoms with E-state index in [9.17, 15) is 0 Å². The molecule has 1 saturated heterocycles. The zero-order chi connectivity index (χ0) is 23.2. The minimum absolute atomic E-state index is 0.293. The summed E-state index contributed by atoms with van der Waals surface area (Å²) in [6.45, 7) is 9.35. The second-order valence-electron chi connectivity index (χ2n) is 7.81. The van der Waals surface area contributed by atoms with E-state index in [1.807, 2.05) is 50.2 Å². The molecule has 1 aliphatic carbocycles. The summed E-state index contributed by atoms with van der Waals surface area (Å²) in [5, 5.41) is 0. The van der Waals surface area contributed by atoms with Crippen LogP contribution in [0.4, 0.5) is 23.0 Å². The topological polar surface area (TPSA) is 120 Å². The summed E-state index contributed by atoms with van der Waals surface area (Å²) in [7, 11) is 2.15. The Morgan fingerprint density at radius 2 is 1.58 bits per heavy atom. The van der Waals surface area contributed by atoms with Crippen LogP contribution in [0, 0.1) is 0 Å². The molecule has 4 rings (SSSR count). The van der Waals surface area contributed by atoms with Crippen molar-refractivity contribution in [2.45, 2.75) is 64.8 Å². The third-order valence-corrected chi connectivity index (χ3v) is 5.01. The molecule has 2 heterocycles. The minimum atomic E-state index is 0.293. The van der Waals surface area contributed by atoms with E-state index >= 15 is 0 Å². The van der Waals surface area contributed by atoms with Gasteiger partial charge in [0.05, 0.1) is 5.69 Å². The normalized spacial score (nSPS) is 16.9. The number of aromatic nitrogens is 1. The smallest absolute Gasteiger partial charge is 0.149 e. The highest BCUT2D eigenvalue weighted by Gasteiger charge is 2.22. The number of hydrogen-bond donors (Lipinski definition) is 4.